The molecule has 2 aromatic heterocycles. The van der Waals surface area contributed by atoms with Gasteiger partial charge in [0.2, 0.25) is 0 Å². The summed E-state index contributed by atoms with van der Waals surface area (Å²) in [5.41, 5.74) is 0.957. The van der Waals surface area contributed by atoms with Crippen LogP contribution in [0.4, 0.5) is 5.69 Å². The number of aromatic nitrogens is 4. The van der Waals surface area contributed by atoms with Crippen molar-refractivity contribution in [2.75, 3.05) is 11.9 Å². The van der Waals surface area contributed by atoms with E-state index in [1.54, 1.807) is 39.0 Å². The lowest BCUT2D eigenvalue weighted by atomic mass is 10.1. The molecule has 11 heteroatoms. The lowest BCUT2D eigenvalue weighted by molar-refractivity contribution is 0.0983. The van der Waals surface area contributed by atoms with E-state index in [-0.39, 0.29) is 17.1 Å². The molecule has 0 saturated carbocycles. The number of amides is 1. The molecule has 4 aromatic rings. The van der Waals surface area contributed by atoms with E-state index in [9.17, 15) is 19.5 Å². The van der Waals surface area contributed by atoms with Crippen LogP contribution in [0, 0.1) is 20.8 Å². The lowest BCUT2D eigenvalue weighted by Gasteiger charge is -2.19. The summed E-state index contributed by atoms with van der Waals surface area (Å²) >= 11 is 0. The van der Waals surface area contributed by atoms with Crippen LogP contribution >= 0.6 is 0 Å². The van der Waals surface area contributed by atoms with Crippen LogP contribution in [-0.2, 0) is 0 Å². The van der Waals surface area contributed by atoms with Gasteiger partial charge in [-0.05, 0) is 56.2 Å². The number of anilines is 1. The molecule has 0 spiro atoms. The SMILES string of the molecule is Cc1cc(C(=O)N(C)c2cc(Oc3c(C)cc(-n4ncc(=O)[nH]c4=O)cc3C)ccc2O)no1. The van der Waals surface area contributed by atoms with Gasteiger partial charge in [-0.3, -0.25) is 14.6 Å². The monoisotopic (exact) mass is 463 g/mol. The Labute approximate surface area is 192 Å². The molecule has 4 rings (SSSR count). The molecule has 2 N–H and O–H groups in total. The fraction of sp³-hybridized carbons (Fsp3) is 0.174. The first-order valence-corrected chi connectivity index (χ1v) is 10.2. The quantitative estimate of drug-likeness (QED) is 0.460. The number of phenolic OH excluding ortho intramolecular Hbond substituents is 1. The number of hydrogen-bond acceptors (Lipinski definition) is 8. The Morgan fingerprint density at radius 2 is 1.82 bits per heavy atom. The number of carbonyl (C=O) groups is 1. The molecule has 2 aromatic carbocycles. The summed E-state index contributed by atoms with van der Waals surface area (Å²) in [4.78, 5) is 39.5. The Morgan fingerprint density at radius 3 is 2.44 bits per heavy atom. The largest absolute Gasteiger partial charge is 0.506 e. The highest BCUT2D eigenvalue weighted by Gasteiger charge is 2.21. The van der Waals surface area contributed by atoms with Gasteiger partial charge < -0.3 is 19.3 Å². The first-order chi connectivity index (χ1) is 16.1. The van der Waals surface area contributed by atoms with Crippen molar-refractivity contribution >= 4 is 11.6 Å². The first kappa shape index (κ1) is 22.5. The molecule has 174 valence electrons. The molecule has 11 nitrogen and oxygen atoms in total. The second kappa shape index (κ2) is 8.70. The summed E-state index contributed by atoms with van der Waals surface area (Å²) in [7, 11) is 1.51. The van der Waals surface area contributed by atoms with Gasteiger partial charge in [-0.25, -0.2) is 4.79 Å². The van der Waals surface area contributed by atoms with Crippen LogP contribution in [0.5, 0.6) is 17.2 Å². The van der Waals surface area contributed by atoms with Crippen LogP contribution in [0.15, 0.2) is 56.7 Å². The van der Waals surface area contributed by atoms with Gasteiger partial charge in [0, 0.05) is 19.2 Å². The Hall–Kier alpha value is -4.67. The summed E-state index contributed by atoms with van der Waals surface area (Å²) in [6.45, 7) is 5.27. The van der Waals surface area contributed by atoms with Crippen LogP contribution in [0.3, 0.4) is 0 Å². The number of H-pyrrole nitrogens is 1. The highest BCUT2D eigenvalue weighted by Crippen LogP contribution is 2.36. The Balaban J connectivity index is 1.65. The van der Waals surface area contributed by atoms with Crippen LogP contribution in [0.25, 0.3) is 5.69 Å². The topological polar surface area (TPSA) is 144 Å². The van der Waals surface area contributed by atoms with E-state index in [2.05, 4.69) is 15.2 Å². The van der Waals surface area contributed by atoms with Gasteiger partial charge in [0.05, 0.1) is 11.4 Å². The average molecular weight is 463 g/mol. The molecule has 0 aliphatic carbocycles. The second-order valence-electron chi connectivity index (χ2n) is 7.70. The van der Waals surface area contributed by atoms with Gasteiger partial charge in [-0.15, -0.1) is 0 Å². The van der Waals surface area contributed by atoms with Gasteiger partial charge in [-0.1, -0.05) is 5.16 Å². The van der Waals surface area contributed by atoms with Crippen molar-refractivity contribution < 1.29 is 19.2 Å². The zero-order valence-corrected chi connectivity index (χ0v) is 18.8. The maximum atomic E-state index is 12.7. The Kier molecular flexibility index (Phi) is 5.76. The van der Waals surface area contributed by atoms with Crippen molar-refractivity contribution in [1.82, 2.24) is 19.9 Å². The normalized spacial score (nSPS) is 10.8. The number of aromatic hydroxyl groups is 1. The molecule has 2 heterocycles. The predicted octanol–water partition coefficient (Wildman–Crippen LogP) is 2.61. The number of ether oxygens (including phenoxy) is 1. The van der Waals surface area contributed by atoms with Crippen molar-refractivity contribution in [1.29, 1.82) is 0 Å². The molecule has 0 atom stereocenters. The molecule has 0 aliphatic rings. The zero-order valence-electron chi connectivity index (χ0n) is 18.8. The summed E-state index contributed by atoms with van der Waals surface area (Å²) in [6.07, 6.45) is 1.02. The van der Waals surface area contributed by atoms with Gasteiger partial charge in [0.1, 0.15) is 29.2 Å². The van der Waals surface area contributed by atoms with Crippen LogP contribution < -0.4 is 20.9 Å². The van der Waals surface area contributed by atoms with Crippen LogP contribution in [0.2, 0.25) is 0 Å². The van der Waals surface area contributed by atoms with Crippen molar-refractivity contribution in [3.05, 3.63) is 86.0 Å². The van der Waals surface area contributed by atoms with Gasteiger partial charge in [0.15, 0.2) is 5.69 Å². The molecule has 0 saturated heterocycles. The predicted molar refractivity (Wildman–Crippen MR) is 122 cm³/mol. The summed E-state index contributed by atoms with van der Waals surface area (Å²) in [5, 5.41) is 17.9. The molecule has 1 amide bonds. The minimum Gasteiger partial charge on any atom is -0.506 e. The van der Waals surface area contributed by atoms with E-state index < -0.39 is 17.2 Å². The number of nitrogens with one attached hydrogen (secondary N) is 1. The number of benzene rings is 2. The van der Waals surface area contributed by atoms with E-state index in [0.717, 1.165) is 10.9 Å². The second-order valence-corrected chi connectivity index (χ2v) is 7.70. The van der Waals surface area contributed by atoms with E-state index in [4.69, 9.17) is 9.26 Å². The van der Waals surface area contributed by atoms with Crippen molar-refractivity contribution in [3.63, 3.8) is 0 Å². The third-order valence-corrected chi connectivity index (χ3v) is 5.08. The van der Waals surface area contributed by atoms with E-state index in [1.165, 1.54) is 30.1 Å². The molecule has 0 aliphatic heterocycles. The number of hydrogen-bond donors (Lipinski definition) is 2. The van der Waals surface area contributed by atoms with Gasteiger partial charge >= 0.3 is 5.69 Å². The van der Waals surface area contributed by atoms with Gasteiger partial charge in [0.25, 0.3) is 11.5 Å². The first-order valence-electron chi connectivity index (χ1n) is 10.2. The fourth-order valence-corrected chi connectivity index (χ4v) is 3.45. The Bertz CT molecular complexity index is 1490. The molecule has 0 unspecified atom stereocenters. The molecule has 0 bridgehead atoms. The number of nitrogens with zero attached hydrogens (tertiary/aromatic N) is 4. The van der Waals surface area contributed by atoms with E-state index in [1.807, 2.05) is 0 Å². The highest BCUT2D eigenvalue weighted by atomic mass is 16.5. The number of carbonyl (C=O) groups excluding carboxylic acids is 1. The molecular formula is C23H21N5O6. The van der Waals surface area contributed by atoms with E-state index in [0.29, 0.717) is 34.1 Å². The van der Waals surface area contributed by atoms with Crippen molar-refractivity contribution in [2.24, 2.45) is 0 Å². The number of aromatic amines is 1. The number of rotatable bonds is 5. The minimum absolute atomic E-state index is 0.110. The van der Waals surface area contributed by atoms with Gasteiger partial charge in [-0.2, -0.15) is 9.78 Å². The highest BCUT2D eigenvalue weighted by molar-refractivity contribution is 6.05. The molecule has 0 fully saturated rings. The average Bonchev–Trinajstić information content (AvgIpc) is 3.22. The summed E-state index contributed by atoms with van der Waals surface area (Å²) in [5.74, 6) is 0.823. The smallest absolute Gasteiger partial charge is 0.349 e. The minimum atomic E-state index is -0.654. The number of aryl methyl sites for hydroxylation is 3. The zero-order chi connectivity index (χ0) is 24.6. The third-order valence-electron chi connectivity index (χ3n) is 5.08. The Morgan fingerprint density at radius 1 is 1.12 bits per heavy atom. The fourth-order valence-electron chi connectivity index (χ4n) is 3.45. The van der Waals surface area contributed by atoms with Crippen molar-refractivity contribution in [2.45, 2.75) is 20.8 Å². The van der Waals surface area contributed by atoms with Crippen LogP contribution in [-0.4, -0.2) is 38.0 Å². The summed E-state index contributed by atoms with van der Waals surface area (Å²) < 4.78 is 12.1. The summed E-state index contributed by atoms with van der Waals surface area (Å²) in [6, 6.07) is 9.41. The van der Waals surface area contributed by atoms with Crippen molar-refractivity contribution in [3.8, 4) is 22.9 Å². The van der Waals surface area contributed by atoms with Crippen LogP contribution in [0.1, 0.15) is 27.4 Å². The van der Waals surface area contributed by atoms with E-state index >= 15 is 0 Å². The molecular weight excluding hydrogens is 442 g/mol. The molecule has 34 heavy (non-hydrogen) atoms. The molecule has 0 radical (unpaired) electrons. The maximum Gasteiger partial charge on any atom is 0.349 e. The third kappa shape index (κ3) is 4.31. The lowest BCUT2D eigenvalue weighted by Crippen LogP contribution is -2.30. The maximum absolute atomic E-state index is 12.7. The standard InChI is InChI=1S/C23H21N5O6/c1-12-7-15(28-23(32)25-20(30)11-24-28)8-13(2)21(12)33-16-5-6-19(29)18(10-16)27(4)22(31)17-9-14(3)34-26-17/h5-11,29H,1-4H3,(H,25,30,32). The number of phenols is 1.